The number of carbonyl (C=O) groups excluding carboxylic acids is 4. The molecular formula is C22H34N4O8. The Balaban J connectivity index is 3.18. The number of ether oxygens (including phenoxy) is 4. The lowest BCUT2D eigenvalue weighted by molar-refractivity contribution is -0.152. The first-order valence-corrected chi connectivity index (χ1v) is 10.9. The zero-order valence-electron chi connectivity index (χ0n) is 20.8. The number of rotatable bonds is 6. The van der Waals surface area contributed by atoms with Crippen LogP contribution in [0.3, 0.4) is 0 Å². The van der Waals surface area contributed by atoms with Crippen LogP contribution >= 0.6 is 0 Å². The molecule has 0 unspecified atom stereocenters. The Morgan fingerprint density at radius 1 is 0.941 bits per heavy atom. The molecule has 0 saturated heterocycles. The third-order valence-corrected chi connectivity index (χ3v) is 3.64. The quantitative estimate of drug-likeness (QED) is 0.143. The smallest absolute Gasteiger partial charge is 0.437 e. The molecule has 1 aromatic heterocycles. The molecule has 12 heteroatoms. The highest BCUT2D eigenvalue weighted by atomic mass is 16.7. The van der Waals surface area contributed by atoms with Gasteiger partial charge in [0, 0.05) is 18.8 Å². The van der Waals surface area contributed by atoms with E-state index in [0.29, 0.717) is 11.3 Å². The van der Waals surface area contributed by atoms with Gasteiger partial charge in [0.15, 0.2) is 0 Å². The summed E-state index contributed by atoms with van der Waals surface area (Å²) in [5, 5.41) is 3.93. The Hall–Kier alpha value is -3.44. The van der Waals surface area contributed by atoms with Crippen molar-refractivity contribution >= 4 is 30.2 Å². The summed E-state index contributed by atoms with van der Waals surface area (Å²) in [4.78, 5) is 54.0. The molecule has 0 atom stereocenters. The Morgan fingerprint density at radius 3 is 2.12 bits per heavy atom. The van der Waals surface area contributed by atoms with E-state index >= 15 is 0 Å². The second kappa shape index (κ2) is 12.7. The first kappa shape index (κ1) is 28.6. The van der Waals surface area contributed by atoms with Gasteiger partial charge in [0.25, 0.3) is 5.96 Å². The highest BCUT2D eigenvalue weighted by molar-refractivity contribution is 6.10. The molecule has 0 N–H and O–H groups in total. The molecule has 0 aliphatic heterocycles. The van der Waals surface area contributed by atoms with Crippen molar-refractivity contribution in [1.29, 1.82) is 0 Å². The van der Waals surface area contributed by atoms with Gasteiger partial charge < -0.3 is 18.9 Å². The van der Waals surface area contributed by atoms with E-state index in [1.165, 1.54) is 18.5 Å². The lowest BCUT2D eigenvalue weighted by Gasteiger charge is -2.26. The first-order chi connectivity index (χ1) is 15.7. The minimum absolute atomic E-state index is 0.166. The van der Waals surface area contributed by atoms with Crippen LogP contribution in [0.5, 0.6) is 0 Å². The molecule has 0 aromatic carbocycles. The van der Waals surface area contributed by atoms with Crippen molar-refractivity contribution in [3.63, 3.8) is 0 Å². The van der Waals surface area contributed by atoms with Gasteiger partial charge in [0.1, 0.15) is 11.2 Å². The Labute approximate surface area is 199 Å². The largest absolute Gasteiger partial charge is 0.443 e. The van der Waals surface area contributed by atoms with Crippen molar-refractivity contribution < 1.29 is 38.1 Å². The number of carbonyl (C=O) groups is 4. The molecule has 1 rings (SSSR count). The molecule has 0 aliphatic rings. The molecule has 0 bridgehead atoms. The zero-order chi connectivity index (χ0) is 25.9. The van der Waals surface area contributed by atoms with E-state index in [-0.39, 0.29) is 6.42 Å². The Kier molecular flexibility index (Phi) is 10.7. The van der Waals surface area contributed by atoms with Crippen molar-refractivity contribution in [2.75, 3.05) is 6.79 Å². The summed E-state index contributed by atoms with van der Waals surface area (Å²) >= 11 is 0. The highest BCUT2D eigenvalue weighted by Crippen LogP contribution is 2.14. The Morgan fingerprint density at radius 2 is 1.59 bits per heavy atom. The normalized spacial score (nSPS) is 12.0. The molecular weight excluding hydrogens is 448 g/mol. The summed E-state index contributed by atoms with van der Waals surface area (Å²) in [7, 11) is 0. The second-order valence-corrected chi connectivity index (χ2v) is 9.16. The summed E-state index contributed by atoms with van der Waals surface area (Å²) in [6, 6.07) is 1.49. The number of esters is 1. The summed E-state index contributed by atoms with van der Waals surface area (Å²) in [6.45, 7) is 10.9. The van der Waals surface area contributed by atoms with E-state index in [2.05, 4.69) is 10.1 Å². The van der Waals surface area contributed by atoms with Crippen LogP contribution in [0.4, 0.5) is 14.4 Å². The van der Waals surface area contributed by atoms with Crippen LogP contribution in [-0.4, -0.2) is 62.9 Å². The fourth-order valence-electron chi connectivity index (χ4n) is 2.30. The predicted octanol–water partition coefficient (Wildman–Crippen LogP) is 4.48. The molecule has 0 aliphatic carbocycles. The standard InChI is InChI=1S/C22H34N4O8/c1-8-9-10-12-16(27)31-15-32-19(29)26(20(30)34-22(5,6)7)17(25-14-11-13-23-25)24-18(28)33-21(2,3)4/h11,13-14H,8-10,12,15H2,1-7H3. The first-order valence-electron chi connectivity index (χ1n) is 10.9. The topological polar surface area (TPSA) is 139 Å². The monoisotopic (exact) mass is 482 g/mol. The molecule has 3 amide bonds. The summed E-state index contributed by atoms with van der Waals surface area (Å²) in [5.74, 6) is -1.10. The third-order valence-electron chi connectivity index (χ3n) is 3.64. The second-order valence-electron chi connectivity index (χ2n) is 9.16. The number of hydrogen-bond acceptors (Lipinski definition) is 9. The fraction of sp³-hybridized carbons (Fsp3) is 0.636. The molecule has 0 saturated carbocycles. The molecule has 12 nitrogen and oxygen atoms in total. The molecule has 1 heterocycles. The maximum Gasteiger partial charge on any atom is 0.437 e. The number of amides is 3. The predicted molar refractivity (Wildman–Crippen MR) is 121 cm³/mol. The van der Waals surface area contributed by atoms with Gasteiger partial charge in [-0.2, -0.15) is 5.10 Å². The maximum atomic E-state index is 12.9. The summed E-state index contributed by atoms with van der Waals surface area (Å²) in [6.07, 6.45) is 1.72. The number of hydrogen-bond donors (Lipinski definition) is 0. The number of aromatic nitrogens is 2. The van der Waals surface area contributed by atoms with Crippen LogP contribution in [0, 0.1) is 0 Å². The molecule has 0 spiro atoms. The highest BCUT2D eigenvalue weighted by Gasteiger charge is 2.35. The number of aliphatic imine (C=N–C) groups is 1. The average Bonchev–Trinajstić information content (AvgIpc) is 3.19. The van der Waals surface area contributed by atoms with E-state index in [1.807, 2.05) is 6.92 Å². The van der Waals surface area contributed by atoms with Crippen LogP contribution in [0.1, 0.15) is 74.1 Å². The van der Waals surface area contributed by atoms with Gasteiger partial charge in [0.05, 0.1) is 0 Å². The SMILES string of the molecule is CCCCCC(=O)OCOC(=O)N(C(=O)OC(C)(C)C)C(=NC(=O)OC(C)(C)C)n1cccn1. The molecule has 1 aromatic rings. The summed E-state index contributed by atoms with van der Waals surface area (Å²) < 4.78 is 21.3. The van der Waals surface area contributed by atoms with E-state index in [4.69, 9.17) is 18.9 Å². The fourth-order valence-corrected chi connectivity index (χ4v) is 2.30. The lowest BCUT2D eigenvalue weighted by atomic mass is 10.2. The zero-order valence-corrected chi connectivity index (χ0v) is 20.8. The number of nitrogens with zero attached hydrogens (tertiary/aromatic N) is 4. The van der Waals surface area contributed by atoms with Crippen molar-refractivity contribution in [3.05, 3.63) is 18.5 Å². The van der Waals surface area contributed by atoms with Gasteiger partial charge in [0.2, 0.25) is 6.79 Å². The van der Waals surface area contributed by atoms with E-state index in [1.54, 1.807) is 41.5 Å². The molecule has 0 radical (unpaired) electrons. The average molecular weight is 483 g/mol. The van der Waals surface area contributed by atoms with Crippen LogP contribution in [0.2, 0.25) is 0 Å². The minimum Gasteiger partial charge on any atom is -0.443 e. The number of imide groups is 1. The van der Waals surface area contributed by atoms with Crippen LogP contribution in [0.15, 0.2) is 23.5 Å². The maximum absolute atomic E-state index is 12.9. The van der Waals surface area contributed by atoms with Crippen molar-refractivity contribution in [3.8, 4) is 0 Å². The van der Waals surface area contributed by atoms with Crippen LogP contribution in [-0.2, 0) is 23.7 Å². The van der Waals surface area contributed by atoms with E-state index in [0.717, 1.165) is 17.5 Å². The Bertz CT molecular complexity index is 866. The molecule has 0 fully saturated rings. The van der Waals surface area contributed by atoms with E-state index in [9.17, 15) is 19.2 Å². The van der Waals surface area contributed by atoms with Gasteiger partial charge >= 0.3 is 24.2 Å². The number of unbranched alkanes of at least 4 members (excludes halogenated alkanes) is 2. The van der Waals surface area contributed by atoms with Crippen molar-refractivity contribution in [1.82, 2.24) is 14.7 Å². The van der Waals surface area contributed by atoms with E-state index < -0.39 is 48.2 Å². The van der Waals surface area contributed by atoms with Gasteiger partial charge in [-0.25, -0.2) is 19.1 Å². The minimum atomic E-state index is -1.30. The lowest BCUT2D eigenvalue weighted by Crippen LogP contribution is -2.48. The summed E-state index contributed by atoms with van der Waals surface area (Å²) in [5.41, 5.74) is -1.89. The molecule has 190 valence electrons. The van der Waals surface area contributed by atoms with Crippen LogP contribution < -0.4 is 0 Å². The van der Waals surface area contributed by atoms with Crippen molar-refractivity contribution in [2.24, 2.45) is 4.99 Å². The van der Waals surface area contributed by atoms with Gasteiger partial charge in [-0.1, -0.05) is 19.8 Å². The van der Waals surface area contributed by atoms with Crippen molar-refractivity contribution in [2.45, 2.75) is 85.4 Å². The van der Waals surface area contributed by atoms with Gasteiger partial charge in [-0.15, -0.1) is 9.89 Å². The van der Waals surface area contributed by atoms with Gasteiger partial charge in [-0.05, 0) is 54.0 Å². The molecule has 34 heavy (non-hydrogen) atoms. The third kappa shape index (κ3) is 10.9. The van der Waals surface area contributed by atoms with Gasteiger partial charge in [-0.3, -0.25) is 4.79 Å². The van der Waals surface area contributed by atoms with Crippen LogP contribution in [0.25, 0.3) is 0 Å².